The number of hydrogen-bond donors (Lipinski definition) is 1. The van der Waals surface area contributed by atoms with Gasteiger partial charge in [0.25, 0.3) is 0 Å². The highest BCUT2D eigenvalue weighted by molar-refractivity contribution is 9.12. The summed E-state index contributed by atoms with van der Waals surface area (Å²) >= 11 is 8.66. The van der Waals surface area contributed by atoms with Crippen LogP contribution in [0.1, 0.15) is 18.5 Å². The SMILES string of the molecule is Brc1cc(-c2ocnc2CNC2CC2)c(Br)s1. The minimum atomic E-state index is 0.678. The summed E-state index contributed by atoms with van der Waals surface area (Å²) < 4.78 is 7.65. The van der Waals surface area contributed by atoms with Gasteiger partial charge < -0.3 is 9.73 Å². The van der Waals surface area contributed by atoms with Crippen LogP contribution in [0, 0.1) is 0 Å². The molecule has 0 atom stereocenters. The molecule has 3 rings (SSSR count). The topological polar surface area (TPSA) is 38.1 Å². The van der Waals surface area contributed by atoms with Gasteiger partial charge in [-0.25, -0.2) is 4.98 Å². The van der Waals surface area contributed by atoms with Crippen molar-refractivity contribution < 1.29 is 4.42 Å². The lowest BCUT2D eigenvalue weighted by Crippen LogP contribution is -2.15. The predicted molar refractivity (Wildman–Crippen MR) is 75.1 cm³/mol. The molecule has 2 aromatic rings. The van der Waals surface area contributed by atoms with Crippen LogP contribution in [0.25, 0.3) is 11.3 Å². The minimum absolute atomic E-state index is 0.678. The average molecular weight is 378 g/mol. The molecule has 1 saturated carbocycles. The van der Waals surface area contributed by atoms with Gasteiger partial charge in [-0.05, 0) is 50.8 Å². The van der Waals surface area contributed by atoms with Crippen molar-refractivity contribution in [1.29, 1.82) is 0 Å². The molecule has 1 aliphatic rings. The summed E-state index contributed by atoms with van der Waals surface area (Å²) in [6.45, 7) is 0.774. The predicted octanol–water partition coefficient (Wildman–Crippen LogP) is 4.18. The molecule has 0 unspecified atom stereocenters. The second kappa shape index (κ2) is 4.84. The highest BCUT2D eigenvalue weighted by atomic mass is 79.9. The number of nitrogens with one attached hydrogen (secondary N) is 1. The first-order chi connectivity index (χ1) is 8.24. The van der Waals surface area contributed by atoms with Crippen LogP contribution in [0.15, 0.2) is 24.4 Å². The Morgan fingerprint density at radius 2 is 2.29 bits per heavy atom. The van der Waals surface area contributed by atoms with E-state index in [-0.39, 0.29) is 0 Å². The summed E-state index contributed by atoms with van der Waals surface area (Å²) in [6.07, 6.45) is 4.07. The van der Waals surface area contributed by atoms with Crippen LogP contribution < -0.4 is 5.32 Å². The molecule has 17 heavy (non-hydrogen) atoms. The standard InChI is InChI=1S/C11H10Br2N2OS/c12-9-3-7(11(13)17-9)10-8(15-5-16-10)4-14-6-1-2-6/h3,5-6,14H,1-2,4H2. The van der Waals surface area contributed by atoms with Crippen LogP contribution in [0.3, 0.4) is 0 Å². The maximum Gasteiger partial charge on any atom is 0.181 e. The van der Waals surface area contributed by atoms with Crippen LogP contribution in [0.5, 0.6) is 0 Å². The van der Waals surface area contributed by atoms with E-state index in [9.17, 15) is 0 Å². The van der Waals surface area contributed by atoms with Gasteiger partial charge in [0.05, 0.1) is 7.57 Å². The van der Waals surface area contributed by atoms with Gasteiger partial charge in [0.15, 0.2) is 12.2 Å². The molecule has 0 saturated heterocycles. The van der Waals surface area contributed by atoms with Crippen molar-refractivity contribution in [3.63, 3.8) is 0 Å². The molecule has 1 aliphatic carbocycles. The Bertz CT molecular complexity index is 533. The van der Waals surface area contributed by atoms with Crippen LogP contribution in [-0.4, -0.2) is 11.0 Å². The summed E-state index contributed by atoms with van der Waals surface area (Å²) in [6, 6.07) is 2.73. The van der Waals surface area contributed by atoms with E-state index in [1.54, 1.807) is 11.3 Å². The van der Waals surface area contributed by atoms with Crippen molar-refractivity contribution in [3.8, 4) is 11.3 Å². The fraction of sp³-hybridized carbons (Fsp3) is 0.364. The van der Waals surface area contributed by atoms with Crippen molar-refractivity contribution in [3.05, 3.63) is 25.7 Å². The fourth-order valence-corrected chi connectivity index (χ4v) is 4.43. The first-order valence-electron chi connectivity index (χ1n) is 5.35. The zero-order valence-corrected chi connectivity index (χ0v) is 12.9. The van der Waals surface area contributed by atoms with E-state index in [0.29, 0.717) is 6.04 Å². The number of thiophene rings is 1. The van der Waals surface area contributed by atoms with E-state index >= 15 is 0 Å². The van der Waals surface area contributed by atoms with Crippen LogP contribution in [0.4, 0.5) is 0 Å². The van der Waals surface area contributed by atoms with Crippen LogP contribution in [0.2, 0.25) is 0 Å². The van der Waals surface area contributed by atoms with E-state index in [2.05, 4.69) is 48.2 Å². The maximum atomic E-state index is 5.50. The molecule has 0 amide bonds. The van der Waals surface area contributed by atoms with Gasteiger partial charge in [-0.1, -0.05) is 0 Å². The van der Waals surface area contributed by atoms with E-state index in [0.717, 1.165) is 31.1 Å². The second-order valence-corrected chi connectivity index (χ2v) is 7.77. The van der Waals surface area contributed by atoms with Gasteiger partial charge in [-0.3, -0.25) is 0 Å². The summed E-state index contributed by atoms with van der Waals surface area (Å²) in [5, 5.41) is 3.45. The number of nitrogens with zero attached hydrogens (tertiary/aromatic N) is 1. The summed E-state index contributed by atoms with van der Waals surface area (Å²) in [5.74, 6) is 0.854. The quantitative estimate of drug-likeness (QED) is 0.868. The van der Waals surface area contributed by atoms with E-state index < -0.39 is 0 Å². The Kier molecular flexibility index (Phi) is 3.38. The molecule has 0 bridgehead atoms. The first-order valence-corrected chi connectivity index (χ1v) is 7.75. The number of rotatable bonds is 4. The molecule has 2 aromatic heterocycles. The molecular weight excluding hydrogens is 368 g/mol. The number of oxazole rings is 1. The monoisotopic (exact) mass is 376 g/mol. The molecular formula is C11H10Br2N2OS. The Labute approximate surface area is 120 Å². The molecule has 3 nitrogen and oxygen atoms in total. The van der Waals surface area contributed by atoms with E-state index in [1.165, 1.54) is 19.2 Å². The van der Waals surface area contributed by atoms with Crippen molar-refractivity contribution >= 4 is 43.2 Å². The third-order valence-electron chi connectivity index (χ3n) is 2.68. The van der Waals surface area contributed by atoms with Gasteiger partial charge >= 0.3 is 0 Å². The molecule has 0 aromatic carbocycles. The van der Waals surface area contributed by atoms with Gasteiger partial charge in [0.1, 0.15) is 5.69 Å². The molecule has 1 N–H and O–H groups in total. The number of aromatic nitrogens is 1. The van der Waals surface area contributed by atoms with Crippen molar-refractivity contribution in [2.45, 2.75) is 25.4 Å². The van der Waals surface area contributed by atoms with Gasteiger partial charge in [0, 0.05) is 18.2 Å². The third-order valence-corrected chi connectivity index (χ3v) is 5.02. The number of halogens is 2. The second-order valence-electron chi connectivity index (χ2n) is 4.02. The maximum absolute atomic E-state index is 5.50. The Hall–Kier alpha value is -0.170. The molecule has 0 radical (unpaired) electrons. The highest BCUT2D eigenvalue weighted by Gasteiger charge is 2.22. The fourth-order valence-electron chi connectivity index (χ4n) is 1.64. The van der Waals surface area contributed by atoms with Crippen LogP contribution >= 0.6 is 43.2 Å². The summed E-state index contributed by atoms with van der Waals surface area (Å²) in [7, 11) is 0. The number of hydrogen-bond acceptors (Lipinski definition) is 4. The third kappa shape index (κ3) is 2.65. The average Bonchev–Trinajstić information content (AvgIpc) is 2.91. The van der Waals surface area contributed by atoms with Crippen molar-refractivity contribution in [2.75, 3.05) is 0 Å². The molecule has 6 heteroatoms. The normalized spacial score (nSPS) is 15.4. The Balaban J connectivity index is 1.86. The molecule has 1 fully saturated rings. The smallest absolute Gasteiger partial charge is 0.181 e. The molecule has 90 valence electrons. The molecule has 0 aliphatic heterocycles. The molecule has 0 spiro atoms. The van der Waals surface area contributed by atoms with Gasteiger partial charge in [-0.2, -0.15) is 0 Å². The highest BCUT2D eigenvalue weighted by Crippen LogP contribution is 2.39. The zero-order chi connectivity index (χ0) is 11.8. The van der Waals surface area contributed by atoms with Gasteiger partial charge in [0.2, 0.25) is 0 Å². The molecule has 2 heterocycles. The minimum Gasteiger partial charge on any atom is -0.443 e. The lowest BCUT2D eigenvalue weighted by Gasteiger charge is -2.01. The Morgan fingerprint density at radius 3 is 2.94 bits per heavy atom. The lowest BCUT2D eigenvalue weighted by atomic mass is 10.2. The lowest BCUT2D eigenvalue weighted by molar-refractivity contribution is 0.569. The van der Waals surface area contributed by atoms with Gasteiger partial charge in [-0.15, -0.1) is 11.3 Å². The van der Waals surface area contributed by atoms with Crippen molar-refractivity contribution in [2.24, 2.45) is 0 Å². The summed E-state index contributed by atoms with van der Waals surface area (Å²) in [5.41, 5.74) is 2.04. The largest absolute Gasteiger partial charge is 0.443 e. The first kappa shape index (κ1) is 11.9. The van der Waals surface area contributed by atoms with E-state index in [4.69, 9.17) is 4.42 Å². The Morgan fingerprint density at radius 1 is 1.47 bits per heavy atom. The van der Waals surface area contributed by atoms with Crippen molar-refractivity contribution in [1.82, 2.24) is 10.3 Å². The summed E-state index contributed by atoms with van der Waals surface area (Å²) in [4.78, 5) is 4.28. The van der Waals surface area contributed by atoms with Crippen LogP contribution in [-0.2, 0) is 6.54 Å². The van der Waals surface area contributed by atoms with E-state index in [1.807, 2.05) is 0 Å². The zero-order valence-electron chi connectivity index (χ0n) is 8.87.